The molecule has 0 spiro atoms. The second kappa shape index (κ2) is 8.43. The molecule has 170 valence electrons. The van der Waals surface area contributed by atoms with E-state index in [2.05, 4.69) is 10.1 Å². The van der Waals surface area contributed by atoms with Crippen LogP contribution >= 0.6 is 0 Å². The van der Waals surface area contributed by atoms with E-state index < -0.39 is 11.4 Å². The molecule has 0 N–H and O–H groups in total. The van der Waals surface area contributed by atoms with E-state index in [-0.39, 0.29) is 23.5 Å². The maximum absolute atomic E-state index is 14.8. The van der Waals surface area contributed by atoms with Crippen molar-refractivity contribution < 1.29 is 13.9 Å². The first kappa shape index (κ1) is 21.3. The van der Waals surface area contributed by atoms with Crippen LogP contribution in [0.1, 0.15) is 21.6 Å². The van der Waals surface area contributed by atoms with Crippen LogP contribution in [0, 0.1) is 12.7 Å². The third kappa shape index (κ3) is 3.66. The predicted molar refractivity (Wildman–Crippen MR) is 123 cm³/mol. The summed E-state index contributed by atoms with van der Waals surface area (Å²) in [6.45, 7) is 1.72. The summed E-state index contributed by atoms with van der Waals surface area (Å²) in [5, 5.41) is 4.11. The monoisotopic (exact) mass is 457 g/mol. The van der Waals surface area contributed by atoms with E-state index in [1.165, 1.54) is 21.3 Å². The quantitative estimate of drug-likeness (QED) is 0.362. The summed E-state index contributed by atoms with van der Waals surface area (Å²) in [6, 6.07) is 16.7. The molecule has 8 nitrogen and oxygen atoms in total. The third-order valence-corrected chi connectivity index (χ3v) is 5.66. The summed E-state index contributed by atoms with van der Waals surface area (Å²) >= 11 is 0. The van der Waals surface area contributed by atoms with Gasteiger partial charge in [-0.2, -0.15) is 9.61 Å². The number of nitrogens with zero attached hydrogens (tertiary/aromatic N) is 5. The Bertz CT molecular complexity index is 1580. The highest BCUT2D eigenvalue weighted by Crippen LogP contribution is 2.26. The minimum absolute atomic E-state index is 0.0125. The Balaban J connectivity index is 1.40. The van der Waals surface area contributed by atoms with Crippen molar-refractivity contribution in [3.8, 4) is 17.3 Å². The lowest BCUT2D eigenvalue weighted by Crippen LogP contribution is -2.23. The highest BCUT2D eigenvalue weighted by molar-refractivity contribution is 5.98. The number of rotatable bonds is 6. The van der Waals surface area contributed by atoms with Crippen LogP contribution < -0.4 is 10.3 Å². The summed E-state index contributed by atoms with van der Waals surface area (Å²) in [6.07, 6.45) is 2.99. The number of ketones is 1. The Morgan fingerprint density at radius 3 is 2.62 bits per heavy atom. The Hall–Kier alpha value is -4.53. The third-order valence-electron chi connectivity index (χ3n) is 5.66. The number of halogens is 1. The zero-order chi connectivity index (χ0) is 23.8. The van der Waals surface area contributed by atoms with E-state index in [1.54, 1.807) is 61.4 Å². The number of benzene rings is 2. The van der Waals surface area contributed by atoms with Gasteiger partial charge in [-0.25, -0.2) is 14.1 Å². The molecule has 0 fully saturated rings. The summed E-state index contributed by atoms with van der Waals surface area (Å²) in [5.41, 5.74) is 1.89. The lowest BCUT2D eigenvalue weighted by atomic mass is 10.0. The zero-order valence-electron chi connectivity index (χ0n) is 18.5. The Labute approximate surface area is 193 Å². The van der Waals surface area contributed by atoms with Crippen LogP contribution in [0.25, 0.3) is 11.3 Å². The second-order valence-electron chi connectivity index (χ2n) is 7.79. The normalized spacial score (nSPS) is 11.1. The molecule has 5 rings (SSSR count). The van der Waals surface area contributed by atoms with Crippen molar-refractivity contribution in [3.63, 3.8) is 0 Å². The predicted octanol–water partition coefficient (Wildman–Crippen LogP) is 3.88. The van der Waals surface area contributed by atoms with Crippen LogP contribution in [-0.2, 0) is 13.5 Å². The molecule has 0 amide bonds. The van der Waals surface area contributed by atoms with Crippen molar-refractivity contribution in [3.05, 3.63) is 106 Å². The standard InChI is InChI=1S/C25H20FN5O3/c1-16-24(25(33)31(29(16)2)18-6-4-3-5-7-18)20(32)15-17-8-9-21(19(26)14-17)34-23-11-12-27-22-10-13-28-30(22)23/h3-14H,15H2,1-2H3. The minimum Gasteiger partial charge on any atom is -0.436 e. The number of Topliss-reactive ketones (excluding diaryl/α,β-unsaturated/α-hetero) is 1. The van der Waals surface area contributed by atoms with Gasteiger partial charge in [0.2, 0.25) is 5.88 Å². The highest BCUT2D eigenvalue weighted by Gasteiger charge is 2.22. The number of hydrogen-bond acceptors (Lipinski definition) is 5. The van der Waals surface area contributed by atoms with Gasteiger partial charge in [0.05, 0.1) is 11.9 Å². The first-order valence-electron chi connectivity index (χ1n) is 10.6. The van der Waals surface area contributed by atoms with E-state index in [0.29, 0.717) is 28.5 Å². The lowest BCUT2D eigenvalue weighted by Gasteiger charge is -2.09. The van der Waals surface area contributed by atoms with Gasteiger partial charge in [0.25, 0.3) is 5.56 Å². The average Bonchev–Trinajstić information content (AvgIpc) is 3.39. The molecule has 0 saturated carbocycles. The fourth-order valence-electron chi connectivity index (χ4n) is 3.90. The van der Waals surface area contributed by atoms with Gasteiger partial charge in [-0.05, 0) is 36.8 Å². The van der Waals surface area contributed by atoms with Crippen molar-refractivity contribution >= 4 is 11.4 Å². The number of hydrogen-bond donors (Lipinski definition) is 0. The maximum atomic E-state index is 14.8. The van der Waals surface area contributed by atoms with Crippen LogP contribution in [0.3, 0.4) is 0 Å². The van der Waals surface area contributed by atoms with Gasteiger partial charge in [0.1, 0.15) is 5.56 Å². The average molecular weight is 457 g/mol. The van der Waals surface area contributed by atoms with E-state index >= 15 is 0 Å². The fraction of sp³-hybridized carbons (Fsp3) is 0.120. The molecule has 3 aromatic heterocycles. The van der Waals surface area contributed by atoms with Crippen molar-refractivity contribution in [1.82, 2.24) is 24.0 Å². The van der Waals surface area contributed by atoms with Crippen LogP contribution in [0.4, 0.5) is 4.39 Å². The lowest BCUT2D eigenvalue weighted by molar-refractivity contribution is 0.0991. The van der Waals surface area contributed by atoms with Crippen molar-refractivity contribution in [2.45, 2.75) is 13.3 Å². The van der Waals surface area contributed by atoms with Crippen molar-refractivity contribution in [2.75, 3.05) is 0 Å². The molecule has 2 aromatic carbocycles. The van der Waals surface area contributed by atoms with Crippen LogP contribution in [0.2, 0.25) is 0 Å². The molecule has 0 atom stereocenters. The molecular weight excluding hydrogens is 437 g/mol. The molecule has 0 bridgehead atoms. The largest absolute Gasteiger partial charge is 0.436 e. The molecule has 3 heterocycles. The molecule has 0 radical (unpaired) electrons. The molecule has 5 aromatic rings. The summed E-state index contributed by atoms with van der Waals surface area (Å²) in [7, 11) is 1.72. The van der Waals surface area contributed by atoms with Gasteiger partial charge in [-0.15, -0.1) is 0 Å². The van der Waals surface area contributed by atoms with Gasteiger partial charge in [0.15, 0.2) is 23.0 Å². The van der Waals surface area contributed by atoms with E-state index in [0.717, 1.165) is 0 Å². The molecule has 9 heteroatoms. The topological polar surface area (TPSA) is 83.4 Å². The first-order chi connectivity index (χ1) is 16.4. The SMILES string of the molecule is Cc1c(C(=O)Cc2ccc(Oc3ccnc4ccnn34)c(F)c2)c(=O)n(-c2ccccc2)n1C. The number of ether oxygens (including phenoxy) is 1. The summed E-state index contributed by atoms with van der Waals surface area (Å²) < 4.78 is 25.0. The van der Waals surface area contributed by atoms with E-state index in [4.69, 9.17) is 4.74 Å². The highest BCUT2D eigenvalue weighted by atomic mass is 19.1. The van der Waals surface area contributed by atoms with Gasteiger partial charge in [-0.1, -0.05) is 24.3 Å². The van der Waals surface area contributed by atoms with Crippen molar-refractivity contribution in [1.29, 1.82) is 0 Å². The minimum atomic E-state index is -0.631. The molecule has 0 unspecified atom stereocenters. The molecule has 0 aliphatic heterocycles. The van der Waals surface area contributed by atoms with Gasteiger partial charge in [-0.3, -0.25) is 14.3 Å². The Kier molecular flexibility index (Phi) is 5.29. The second-order valence-corrected chi connectivity index (χ2v) is 7.79. The number of fused-ring (bicyclic) bond motifs is 1. The smallest absolute Gasteiger partial charge is 0.282 e. The summed E-state index contributed by atoms with van der Waals surface area (Å²) in [4.78, 5) is 30.3. The van der Waals surface area contributed by atoms with Crippen LogP contribution in [0.15, 0.2) is 77.9 Å². The number of carbonyl (C=O) groups excluding carboxylic acids is 1. The van der Waals surface area contributed by atoms with Gasteiger partial charge < -0.3 is 4.74 Å². The fourth-order valence-corrected chi connectivity index (χ4v) is 3.90. The summed E-state index contributed by atoms with van der Waals surface area (Å²) in [5.74, 6) is -0.720. The molecule has 0 aliphatic rings. The Morgan fingerprint density at radius 1 is 1.06 bits per heavy atom. The van der Waals surface area contributed by atoms with Crippen molar-refractivity contribution in [2.24, 2.45) is 7.05 Å². The number of carbonyl (C=O) groups is 1. The van der Waals surface area contributed by atoms with E-state index in [1.807, 2.05) is 18.2 Å². The molecule has 34 heavy (non-hydrogen) atoms. The molecular formula is C25H20FN5O3. The van der Waals surface area contributed by atoms with Crippen LogP contribution in [-0.4, -0.2) is 29.7 Å². The van der Waals surface area contributed by atoms with Gasteiger partial charge in [0, 0.05) is 37.5 Å². The molecule has 0 aliphatic carbocycles. The van der Waals surface area contributed by atoms with Crippen LogP contribution in [0.5, 0.6) is 11.6 Å². The Morgan fingerprint density at radius 2 is 1.85 bits per heavy atom. The number of para-hydroxylation sites is 1. The van der Waals surface area contributed by atoms with E-state index in [9.17, 15) is 14.0 Å². The molecule has 0 saturated heterocycles. The van der Waals surface area contributed by atoms with Gasteiger partial charge >= 0.3 is 0 Å². The number of aromatic nitrogens is 5. The maximum Gasteiger partial charge on any atom is 0.282 e. The first-order valence-corrected chi connectivity index (χ1v) is 10.6. The zero-order valence-corrected chi connectivity index (χ0v) is 18.5.